The average Bonchev–Trinajstić information content (AvgIpc) is 2.68. The first-order valence-electron chi connectivity index (χ1n) is 9.01. The Kier molecular flexibility index (Phi) is 5.31. The molecule has 0 saturated carbocycles. The maximum atomic E-state index is 12.7. The molecule has 5 nitrogen and oxygen atoms in total. The van der Waals surface area contributed by atoms with Crippen molar-refractivity contribution >= 4 is 22.6 Å². The van der Waals surface area contributed by atoms with Gasteiger partial charge >= 0.3 is 11.6 Å². The van der Waals surface area contributed by atoms with Crippen LogP contribution in [0.4, 0.5) is 5.69 Å². The van der Waals surface area contributed by atoms with Crippen molar-refractivity contribution in [3.05, 3.63) is 64.0 Å². The normalized spacial score (nSPS) is 10.8. The fourth-order valence-corrected chi connectivity index (χ4v) is 3.35. The van der Waals surface area contributed by atoms with Gasteiger partial charge in [-0.25, -0.2) is 9.59 Å². The summed E-state index contributed by atoms with van der Waals surface area (Å²) in [5.74, 6) is -0.409. The standard InChI is InChI=1S/C22H23NO4/c1-5-23(6-2)17-11-12-18-14(3)20(22(25)27-19(18)13-17)15-7-9-16(10-8-15)21(24)26-4/h7-13H,5-6H2,1-4H3. The van der Waals surface area contributed by atoms with Crippen molar-refractivity contribution in [3.8, 4) is 11.1 Å². The average molecular weight is 365 g/mol. The smallest absolute Gasteiger partial charge is 0.344 e. The molecule has 1 heterocycles. The van der Waals surface area contributed by atoms with Gasteiger partial charge in [-0.3, -0.25) is 0 Å². The summed E-state index contributed by atoms with van der Waals surface area (Å²) in [7, 11) is 1.34. The molecule has 0 aliphatic heterocycles. The molecule has 27 heavy (non-hydrogen) atoms. The lowest BCUT2D eigenvalue weighted by molar-refractivity contribution is 0.0601. The van der Waals surface area contributed by atoms with E-state index in [0.29, 0.717) is 22.3 Å². The molecule has 0 unspecified atom stereocenters. The number of ether oxygens (including phenoxy) is 1. The van der Waals surface area contributed by atoms with E-state index in [1.165, 1.54) is 7.11 Å². The van der Waals surface area contributed by atoms with Crippen LogP contribution in [0.1, 0.15) is 29.8 Å². The van der Waals surface area contributed by atoms with Crippen LogP contribution >= 0.6 is 0 Å². The first-order chi connectivity index (χ1) is 13.0. The number of esters is 1. The van der Waals surface area contributed by atoms with E-state index < -0.39 is 5.97 Å². The number of benzene rings is 2. The second-order valence-electron chi connectivity index (χ2n) is 6.31. The van der Waals surface area contributed by atoms with E-state index >= 15 is 0 Å². The number of anilines is 1. The van der Waals surface area contributed by atoms with Crippen molar-refractivity contribution in [1.29, 1.82) is 0 Å². The van der Waals surface area contributed by atoms with E-state index in [2.05, 4.69) is 18.7 Å². The molecule has 0 N–H and O–H groups in total. The third-order valence-corrected chi connectivity index (χ3v) is 4.87. The summed E-state index contributed by atoms with van der Waals surface area (Å²) in [6.45, 7) is 7.87. The van der Waals surface area contributed by atoms with Crippen LogP contribution in [0.3, 0.4) is 0 Å². The summed E-state index contributed by atoms with van der Waals surface area (Å²) < 4.78 is 10.3. The second-order valence-corrected chi connectivity index (χ2v) is 6.31. The van der Waals surface area contributed by atoms with Crippen LogP contribution in [-0.4, -0.2) is 26.2 Å². The Morgan fingerprint density at radius 1 is 1.07 bits per heavy atom. The maximum Gasteiger partial charge on any atom is 0.344 e. The van der Waals surface area contributed by atoms with Crippen LogP contribution in [0.5, 0.6) is 0 Å². The Hall–Kier alpha value is -3.08. The lowest BCUT2D eigenvalue weighted by atomic mass is 9.98. The van der Waals surface area contributed by atoms with E-state index in [1.54, 1.807) is 24.3 Å². The summed E-state index contributed by atoms with van der Waals surface area (Å²) in [6, 6.07) is 12.7. The molecule has 0 aliphatic carbocycles. The summed E-state index contributed by atoms with van der Waals surface area (Å²) in [4.78, 5) is 26.5. The molecular formula is C22H23NO4. The van der Waals surface area contributed by atoms with Gasteiger partial charge in [0.1, 0.15) is 5.58 Å². The molecule has 0 radical (unpaired) electrons. The van der Waals surface area contributed by atoms with Gasteiger partial charge < -0.3 is 14.1 Å². The Morgan fingerprint density at radius 2 is 1.74 bits per heavy atom. The predicted molar refractivity (Wildman–Crippen MR) is 108 cm³/mol. The predicted octanol–water partition coefficient (Wildman–Crippen LogP) is 4.40. The van der Waals surface area contributed by atoms with Gasteiger partial charge in [0.25, 0.3) is 0 Å². The molecule has 0 amide bonds. The molecule has 1 aromatic heterocycles. The zero-order chi connectivity index (χ0) is 19.6. The Morgan fingerprint density at radius 3 is 2.33 bits per heavy atom. The number of fused-ring (bicyclic) bond motifs is 1. The minimum atomic E-state index is -0.409. The molecule has 0 aliphatic rings. The largest absolute Gasteiger partial charge is 0.465 e. The molecule has 0 fully saturated rings. The number of aryl methyl sites for hydroxylation is 1. The van der Waals surface area contributed by atoms with E-state index in [0.717, 1.165) is 29.7 Å². The molecule has 3 aromatic rings. The monoisotopic (exact) mass is 365 g/mol. The molecule has 0 saturated heterocycles. The first kappa shape index (κ1) is 18.7. The Labute approximate surface area is 158 Å². The fourth-order valence-electron chi connectivity index (χ4n) is 3.35. The van der Waals surface area contributed by atoms with Gasteiger partial charge in [-0.1, -0.05) is 12.1 Å². The number of methoxy groups -OCH3 is 1. The minimum Gasteiger partial charge on any atom is -0.465 e. The van der Waals surface area contributed by atoms with Crippen molar-refractivity contribution in [2.45, 2.75) is 20.8 Å². The summed E-state index contributed by atoms with van der Waals surface area (Å²) in [6.07, 6.45) is 0. The van der Waals surface area contributed by atoms with Crippen molar-refractivity contribution in [3.63, 3.8) is 0 Å². The van der Waals surface area contributed by atoms with E-state index in [-0.39, 0.29) is 5.63 Å². The van der Waals surface area contributed by atoms with E-state index in [1.807, 2.05) is 25.1 Å². The van der Waals surface area contributed by atoms with Crippen molar-refractivity contribution in [2.24, 2.45) is 0 Å². The molecule has 0 spiro atoms. The quantitative estimate of drug-likeness (QED) is 0.495. The van der Waals surface area contributed by atoms with Crippen molar-refractivity contribution < 1.29 is 13.9 Å². The van der Waals surface area contributed by atoms with Crippen LogP contribution in [0, 0.1) is 6.92 Å². The van der Waals surface area contributed by atoms with Crippen molar-refractivity contribution in [2.75, 3.05) is 25.1 Å². The van der Waals surface area contributed by atoms with Crippen LogP contribution in [-0.2, 0) is 4.74 Å². The van der Waals surface area contributed by atoms with Crippen LogP contribution in [0.25, 0.3) is 22.1 Å². The topological polar surface area (TPSA) is 59.8 Å². The van der Waals surface area contributed by atoms with Gasteiger partial charge in [-0.05, 0) is 56.2 Å². The SMILES string of the molecule is CCN(CC)c1ccc2c(C)c(-c3ccc(C(=O)OC)cc3)c(=O)oc2c1. The molecule has 0 atom stereocenters. The highest BCUT2D eigenvalue weighted by Crippen LogP contribution is 2.29. The van der Waals surface area contributed by atoms with Crippen LogP contribution < -0.4 is 10.5 Å². The van der Waals surface area contributed by atoms with Gasteiger partial charge in [-0.15, -0.1) is 0 Å². The molecule has 140 valence electrons. The molecule has 3 rings (SSSR count). The number of nitrogens with zero attached hydrogens (tertiary/aromatic N) is 1. The summed E-state index contributed by atoms with van der Waals surface area (Å²) in [5.41, 5.74) is 3.74. The lowest BCUT2D eigenvalue weighted by Crippen LogP contribution is -2.21. The molecule has 5 heteroatoms. The number of hydrogen-bond acceptors (Lipinski definition) is 5. The van der Waals surface area contributed by atoms with Gasteiger partial charge in [0.05, 0.1) is 18.2 Å². The third-order valence-electron chi connectivity index (χ3n) is 4.87. The Bertz CT molecular complexity index is 1030. The van der Waals surface area contributed by atoms with Crippen LogP contribution in [0.15, 0.2) is 51.7 Å². The van der Waals surface area contributed by atoms with Gasteiger partial charge in [0.2, 0.25) is 0 Å². The highest BCUT2D eigenvalue weighted by atomic mass is 16.5. The minimum absolute atomic E-state index is 0.387. The maximum absolute atomic E-state index is 12.7. The van der Waals surface area contributed by atoms with Gasteiger partial charge in [-0.2, -0.15) is 0 Å². The second kappa shape index (κ2) is 7.66. The highest BCUT2D eigenvalue weighted by molar-refractivity contribution is 5.91. The lowest BCUT2D eigenvalue weighted by Gasteiger charge is -2.21. The summed E-state index contributed by atoms with van der Waals surface area (Å²) in [5, 5.41) is 0.901. The van der Waals surface area contributed by atoms with Gasteiger partial charge in [0.15, 0.2) is 0 Å². The van der Waals surface area contributed by atoms with E-state index in [4.69, 9.17) is 9.15 Å². The zero-order valence-corrected chi connectivity index (χ0v) is 16.0. The number of carbonyl (C=O) groups is 1. The highest BCUT2D eigenvalue weighted by Gasteiger charge is 2.15. The van der Waals surface area contributed by atoms with Gasteiger partial charge in [0, 0.05) is 30.2 Å². The van der Waals surface area contributed by atoms with Crippen LogP contribution in [0.2, 0.25) is 0 Å². The number of rotatable bonds is 5. The fraction of sp³-hybridized carbons (Fsp3) is 0.273. The third kappa shape index (κ3) is 3.45. The van der Waals surface area contributed by atoms with Crippen molar-refractivity contribution in [1.82, 2.24) is 0 Å². The van der Waals surface area contributed by atoms with E-state index in [9.17, 15) is 9.59 Å². The zero-order valence-electron chi connectivity index (χ0n) is 16.0. The molecule has 0 bridgehead atoms. The molecule has 2 aromatic carbocycles. The molecular weight excluding hydrogens is 342 g/mol. The number of carbonyl (C=O) groups excluding carboxylic acids is 1. The summed E-state index contributed by atoms with van der Waals surface area (Å²) >= 11 is 0. The first-order valence-corrected chi connectivity index (χ1v) is 9.01. The Balaban J connectivity index is 2.11. The number of hydrogen-bond donors (Lipinski definition) is 0.